The second-order valence-corrected chi connectivity index (χ2v) is 16.7. The predicted octanol–water partition coefficient (Wildman–Crippen LogP) is 8.93. The number of aromatic nitrogens is 4. The number of likely N-dealkylation sites (tertiary alicyclic amines) is 2. The van der Waals surface area contributed by atoms with Crippen molar-refractivity contribution in [1.82, 2.24) is 29.7 Å². The Morgan fingerprint density at radius 1 is 0.703 bits per heavy atom. The SMILES string of the molecule is COc1cccc2c(C(=O)N3CCC[C@H]3C(=O)Nc3ccc(-c4nc[nH]c4-c4ccc(NC(=O)[C@@H]5CCCN5C(=O)c5nc(CI)cc6c(OC)cccc56)cc4)cc3)nc(Cl)cc12. The number of nitrogens with one attached hydrogen (secondary N) is 3. The Kier molecular flexibility index (Phi) is 12.2. The van der Waals surface area contributed by atoms with Crippen molar-refractivity contribution < 1.29 is 28.7 Å². The van der Waals surface area contributed by atoms with Gasteiger partial charge in [-0.15, -0.1) is 0 Å². The van der Waals surface area contributed by atoms with Crippen LogP contribution in [0.3, 0.4) is 0 Å². The number of methoxy groups -OCH3 is 2. The summed E-state index contributed by atoms with van der Waals surface area (Å²) in [4.78, 5) is 75.5. The van der Waals surface area contributed by atoms with Crippen molar-refractivity contribution in [3.05, 3.63) is 126 Å². The molecule has 324 valence electrons. The molecule has 16 heteroatoms. The molecule has 2 aliphatic rings. The number of carbonyl (C=O) groups excluding carboxylic acids is 4. The second-order valence-electron chi connectivity index (χ2n) is 15.6. The van der Waals surface area contributed by atoms with Gasteiger partial charge in [0.2, 0.25) is 11.8 Å². The minimum Gasteiger partial charge on any atom is -0.496 e. The third kappa shape index (κ3) is 8.20. The number of pyridine rings is 2. The first-order chi connectivity index (χ1) is 31.1. The quantitative estimate of drug-likeness (QED) is 0.0650. The standard InChI is InChI=1S/C48H42ClIN8O6/c1-63-38-11-3-7-32-34(38)23-31(25-50)53-43(32)47(61)57-21-5-9-36(57)45(59)54-29-17-13-27(14-18-29)41-42(52-26-51-41)28-15-19-30(20-16-28)55-46(60)37-10-6-22-58(37)48(62)44-33-8-4-12-39(64-2)35(33)24-40(49)56-44/h3-4,7-8,11-20,23-24,26,36-37H,5-6,9-10,21-22,25H2,1-2H3,(H,51,52)(H,54,59)(H,55,60)/t36-,37-/m0/s1. The summed E-state index contributed by atoms with van der Waals surface area (Å²) in [7, 11) is 3.15. The van der Waals surface area contributed by atoms with Gasteiger partial charge in [0.05, 0.1) is 37.6 Å². The van der Waals surface area contributed by atoms with Crippen LogP contribution in [0.1, 0.15) is 52.4 Å². The van der Waals surface area contributed by atoms with Crippen molar-refractivity contribution in [1.29, 1.82) is 0 Å². The summed E-state index contributed by atoms with van der Waals surface area (Å²) in [6, 6.07) is 28.0. The molecule has 2 fully saturated rings. The highest BCUT2D eigenvalue weighted by atomic mass is 127. The number of fused-ring (bicyclic) bond motifs is 2. The van der Waals surface area contributed by atoms with Gasteiger partial charge < -0.3 is 34.9 Å². The van der Waals surface area contributed by atoms with Crippen LogP contribution in [0, 0.1) is 0 Å². The molecule has 0 spiro atoms. The van der Waals surface area contributed by atoms with Gasteiger partial charge in [-0.05, 0) is 74.2 Å². The summed E-state index contributed by atoms with van der Waals surface area (Å²) in [5.74, 6) is 0.0205. The lowest BCUT2D eigenvalue weighted by Crippen LogP contribution is -2.43. The molecule has 4 amide bonds. The van der Waals surface area contributed by atoms with E-state index in [0.29, 0.717) is 93.6 Å². The Balaban J connectivity index is 0.854. The van der Waals surface area contributed by atoms with Crippen molar-refractivity contribution in [3.8, 4) is 34.0 Å². The van der Waals surface area contributed by atoms with E-state index in [0.717, 1.165) is 27.9 Å². The van der Waals surface area contributed by atoms with Gasteiger partial charge in [0, 0.05) is 61.6 Å². The van der Waals surface area contributed by atoms with Crippen molar-refractivity contribution in [2.24, 2.45) is 0 Å². The third-order valence-corrected chi connectivity index (χ3v) is 12.8. The number of alkyl halides is 1. The molecule has 0 aliphatic carbocycles. The summed E-state index contributed by atoms with van der Waals surface area (Å²) < 4.78 is 11.7. The highest BCUT2D eigenvalue weighted by molar-refractivity contribution is 14.1. The van der Waals surface area contributed by atoms with Gasteiger partial charge in [0.25, 0.3) is 11.8 Å². The summed E-state index contributed by atoms with van der Waals surface area (Å²) >= 11 is 8.57. The van der Waals surface area contributed by atoms with Gasteiger partial charge in [-0.2, -0.15) is 0 Å². The molecule has 9 rings (SSSR count). The molecule has 2 aliphatic heterocycles. The van der Waals surface area contributed by atoms with Crippen LogP contribution in [0.15, 0.2) is 103 Å². The highest BCUT2D eigenvalue weighted by Gasteiger charge is 2.37. The Morgan fingerprint density at radius 2 is 1.22 bits per heavy atom. The first-order valence-corrected chi connectivity index (χ1v) is 22.7. The molecule has 2 saturated heterocycles. The number of H-pyrrole nitrogens is 1. The van der Waals surface area contributed by atoms with Crippen molar-refractivity contribution >= 4 is 90.7 Å². The molecule has 7 aromatic rings. The van der Waals surface area contributed by atoms with Crippen molar-refractivity contribution in [3.63, 3.8) is 0 Å². The fourth-order valence-corrected chi connectivity index (χ4v) is 9.31. The first-order valence-electron chi connectivity index (χ1n) is 20.8. The zero-order valence-electron chi connectivity index (χ0n) is 34.9. The summed E-state index contributed by atoms with van der Waals surface area (Å²) in [6.07, 6.45) is 4.03. The number of amides is 4. The highest BCUT2D eigenvalue weighted by Crippen LogP contribution is 2.35. The molecule has 3 aromatic heterocycles. The van der Waals surface area contributed by atoms with Crippen LogP contribution in [-0.2, 0) is 14.0 Å². The second kappa shape index (κ2) is 18.3. The summed E-state index contributed by atoms with van der Waals surface area (Å²) in [6.45, 7) is 0.858. The average Bonchev–Trinajstić information content (AvgIpc) is 4.13. The molecule has 5 heterocycles. The number of halogens is 2. The fraction of sp³-hybridized carbons (Fsp3) is 0.229. The van der Waals surface area contributed by atoms with Gasteiger partial charge >= 0.3 is 0 Å². The molecule has 0 unspecified atom stereocenters. The maximum atomic E-state index is 14.1. The summed E-state index contributed by atoms with van der Waals surface area (Å²) in [5, 5.41) is 8.93. The number of ether oxygens (including phenoxy) is 2. The Labute approximate surface area is 386 Å². The van der Waals surface area contributed by atoms with E-state index in [2.05, 4.69) is 48.2 Å². The molecular weight excluding hydrogens is 947 g/mol. The van der Waals surface area contributed by atoms with E-state index in [-0.39, 0.29) is 34.5 Å². The van der Waals surface area contributed by atoms with E-state index in [1.165, 1.54) is 0 Å². The number of hydrogen-bond donors (Lipinski definition) is 3. The molecule has 64 heavy (non-hydrogen) atoms. The Bertz CT molecular complexity index is 2940. The van der Waals surface area contributed by atoms with Gasteiger partial charge in [-0.25, -0.2) is 15.0 Å². The Hall–Kier alpha value is -6.59. The van der Waals surface area contributed by atoms with E-state index in [4.69, 9.17) is 26.1 Å². The van der Waals surface area contributed by atoms with Crippen molar-refractivity contribution in [2.45, 2.75) is 42.2 Å². The average molecular weight is 989 g/mol. The third-order valence-electron chi connectivity index (χ3n) is 11.8. The maximum absolute atomic E-state index is 14.1. The smallest absolute Gasteiger partial charge is 0.273 e. The molecule has 0 bridgehead atoms. The molecular formula is C48H42ClIN8O6. The maximum Gasteiger partial charge on any atom is 0.273 e. The normalized spacial score (nSPS) is 16.0. The number of imidazole rings is 1. The predicted molar refractivity (Wildman–Crippen MR) is 254 cm³/mol. The molecule has 2 atom stereocenters. The zero-order chi connectivity index (χ0) is 44.5. The lowest BCUT2D eigenvalue weighted by molar-refractivity contribution is -0.120. The lowest BCUT2D eigenvalue weighted by atomic mass is 10.0. The van der Waals surface area contributed by atoms with Gasteiger partial charge in [-0.1, -0.05) is 82.7 Å². The van der Waals surface area contributed by atoms with E-state index in [9.17, 15) is 19.2 Å². The number of nitrogens with zero attached hydrogens (tertiary/aromatic N) is 5. The molecule has 0 saturated carbocycles. The number of benzene rings is 4. The van der Waals surface area contributed by atoms with Crippen LogP contribution in [0.2, 0.25) is 5.15 Å². The Morgan fingerprint density at radius 3 is 1.75 bits per heavy atom. The first kappa shape index (κ1) is 42.7. The molecule has 14 nitrogen and oxygen atoms in total. The lowest BCUT2D eigenvalue weighted by Gasteiger charge is -2.24. The van der Waals surface area contributed by atoms with Gasteiger partial charge in [0.15, 0.2) is 0 Å². The number of anilines is 2. The van der Waals surface area contributed by atoms with E-state index in [1.807, 2.05) is 60.7 Å². The van der Waals surface area contributed by atoms with Crippen LogP contribution in [0.25, 0.3) is 44.1 Å². The van der Waals surface area contributed by atoms with E-state index < -0.39 is 12.1 Å². The van der Waals surface area contributed by atoms with Crippen LogP contribution in [0.4, 0.5) is 11.4 Å². The van der Waals surface area contributed by atoms with Gasteiger partial charge in [-0.3, -0.25) is 19.2 Å². The number of carbonyl (C=O) groups is 4. The van der Waals surface area contributed by atoms with E-state index >= 15 is 0 Å². The van der Waals surface area contributed by atoms with Crippen LogP contribution in [0.5, 0.6) is 11.5 Å². The fourth-order valence-electron chi connectivity index (χ4n) is 8.72. The summed E-state index contributed by atoms with van der Waals surface area (Å²) in [5.41, 5.74) is 5.54. The molecule has 4 aromatic carbocycles. The van der Waals surface area contributed by atoms with Gasteiger partial charge in [0.1, 0.15) is 40.1 Å². The number of hydrogen-bond acceptors (Lipinski definition) is 9. The largest absolute Gasteiger partial charge is 0.496 e. The van der Waals surface area contributed by atoms with Crippen molar-refractivity contribution in [2.75, 3.05) is 37.9 Å². The molecule has 0 radical (unpaired) electrons. The van der Waals surface area contributed by atoms with Crippen LogP contribution < -0.4 is 20.1 Å². The van der Waals surface area contributed by atoms with Crippen LogP contribution in [-0.4, -0.2) is 92.8 Å². The number of rotatable bonds is 11. The van der Waals surface area contributed by atoms with E-state index in [1.54, 1.807) is 66.7 Å². The monoisotopic (exact) mass is 988 g/mol. The minimum atomic E-state index is -0.690. The zero-order valence-corrected chi connectivity index (χ0v) is 37.8. The van der Waals surface area contributed by atoms with Crippen LogP contribution >= 0.6 is 34.2 Å². The molecule has 3 N–H and O–H groups in total. The minimum absolute atomic E-state index is 0.159. The topological polar surface area (TPSA) is 172 Å². The number of aromatic amines is 1.